The number of aryl methyl sites for hydroxylation is 1. The summed E-state index contributed by atoms with van der Waals surface area (Å²) < 4.78 is 0. The molecule has 1 aromatic heterocycles. The molecule has 1 aliphatic carbocycles. The van der Waals surface area contributed by atoms with E-state index in [1.165, 1.54) is 32.1 Å². The van der Waals surface area contributed by atoms with E-state index in [1.807, 2.05) is 13.8 Å². The number of carbonyl (C=O) groups is 2. The van der Waals surface area contributed by atoms with Crippen LogP contribution in [0.3, 0.4) is 0 Å². The summed E-state index contributed by atoms with van der Waals surface area (Å²) in [5.41, 5.74) is 0.508. The Morgan fingerprint density at radius 1 is 1.30 bits per heavy atom. The molecule has 5 nitrogen and oxygen atoms in total. The van der Waals surface area contributed by atoms with Gasteiger partial charge in [0, 0.05) is 5.92 Å². The monoisotopic (exact) mass is 338 g/mol. The molecule has 2 atom stereocenters. The highest BCUT2D eigenvalue weighted by atomic mass is 32.1. The molecule has 1 aliphatic rings. The standard InChI is InChI=1S/C17H26N2O3S/c1-10(9-13-7-5-4-6-8-13)15(20)18-12(3)16-19-11(2)14(23-16)17(21)22/h10,12-13H,4-9H2,1-3H3,(H,18,20)(H,21,22). The highest BCUT2D eigenvalue weighted by molar-refractivity contribution is 7.13. The predicted octanol–water partition coefficient (Wildman–Crippen LogP) is 3.93. The summed E-state index contributed by atoms with van der Waals surface area (Å²) in [6.07, 6.45) is 7.30. The van der Waals surface area contributed by atoms with Crippen molar-refractivity contribution in [1.82, 2.24) is 10.3 Å². The maximum Gasteiger partial charge on any atom is 0.347 e. The minimum Gasteiger partial charge on any atom is -0.477 e. The number of carboxylic acid groups (broad SMARTS) is 1. The average molecular weight is 338 g/mol. The van der Waals surface area contributed by atoms with Crippen LogP contribution in [0.1, 0.15) is 78.8 Å². The molecule has 2 unspecified atom stereocenters. The summed E-state index contributed by atoms with van der Waals surface area (Å²) in [6.45, 7) is 5.52. The van der Waals surface area contributed by atoms with E-state index < -0.39 is 5.97 Å². The van der Waals surface area contributed by atoms with E-state index in [0.29, 0.717) is 16.6 Å². The Hall–Kier alpha value is -1.43. The van der Waals surface area contributed by atoms with Crippen molar-refractivity contribution >= 4 is 23.2 Å². The normalized spacial score (nSPS) is 18.4. The third-order valence-electron chi connectivity index (χ3n) is 4.60. The zero-order chi connectivity index (χ0) is 17.0. The zero-order valence-electron chi connectivity index (χ0n) is 14.1. The Morgan fingerprint density at radius 2 is 1.96 bits per heavy atom. The molecule has 1 saturated carbocycles. The molecule has 1 aromatic rings. The SMILES string of the molecule is Cc1nc(C(C)NC(=O)C(C)CC2CCCCC2)sc1C(=O)O. The van der Waals surface area contributed by atoms with Crippen LogP contribution < -0.4 is 5.32 Å². The van der Waals surface area contributed by atoms with Crippen molar-refractivity contribution < 1.29 is 14.7 Å². The number of carboxylic acids is 1. The summed E-state index contributed by atoms with van der Waals surface area (Å²) in [7, 11) is 0. The fourth-order valence-electron chi connectivity index (χ4n) is 3.25. The topological polar surface area (TPSA) is 79.3 Å². The highest BCUT2D eigenvalue weighted by Crippen LogP contribution is 2.29. The molecule has 0 aliphatic heterocycles. The van der Waals surface area contributed by atoms with E-state index in [2.05, 4.69) is 10.3 Å². The number of aromatic nitrogens is 1. The van der Waals surface area contributed by atoms with Crippen molar-refractivity contribution in [2.75, 3.05) is 0 Å². The number of nitrogens with one attached hydrogen (secondary N) is 1. The van der Waals surface area contributed by atoms with E-state index in [-0.39, 0.29) is 22.7 Å². The van der Waals surface area contributed by atoms with Crippen LogP contribution in [0.4, 0.5) is 0 Å². The van der Waals surface area contributed by atoms with E-state index in [4.69, 9.17) is 5.11 Å². The molecule has 0 radical (unpaired) electrons. The van der Waals surface area contributed by atoms with Gasteiger partial charge in [0.05, 0.1) is 11.7 Å². The minimum atomic E-state index is -0.963. The van der Waals surface area contributed by atoms with Gasteiger partial charge >= 0.3 is 5.97 Å². The largest absolute Gasteiger partial charge is 0.477 e. The molecule has 0 saturated heterocycles. The van der Waals surface area contributed by atoms with E-state index in [1.54, 1.807) is 6.92 Å². The lowest BCUT2D eigenvalue weighted by atomic mass is 9.83. The molecule has 23 heavy (non-hydrogen) atoms. The Bertz CT molecular complexity index is 564. The fourth-order valence-corrected chi connectivity index (χ4v) is 4.16. The van der Waals surface area contributed by atoms with Crippen molar-refractivity contribution in [3.05, 3.63) is 15.6 Å². The van der Waals surface area contributed by atoms with Gasteiger partial charge in [0.25, 0.3) is 0 Å². The first-order chi connectivity index (χ1) is 10.9. The Balaban J connectivity index is 1.90. The maximum absolute atomic E-state index is 12.4. The molecule has 1 amide bonds. The molecule has 0 aromatic carbocycles. The Kier molecular flexibility index (Phi) is 6.16. The van der Waals surface area contributed by atoms with Gasteiger partial charge in [0.15, 0.2) is 0 Å². The molecular formula is C17H26N2O3S. The molecule has 1 heterocycles. The number of nitrogens with zero attached hydrogens (tertiary/aromatic N) is 1. The van der Waals surface area contributed by atoms with Gasteiger partial charge in [0.2, 0.25) is 5.91 Å². The number of hydrogen-bond acceptors (Lipinski definition) is 4. The van der Waals surface area contributed by atoms with Gasteiger partial charge in [-0.25, -0.2) is 9.78 Å². The van der Waals surface area contributed by atoms with E-state index in [0.717, 1.165) is 17.8 Å². The van der Waals surface area contributed by atoms with Crippen molar-refractivity contribution in [3.63, 3.8) is 0 Å². The van der Waals surface area contributed by atoms with Crippen LogP contribution in [-0.4, -0.2) is 22.0 Å². The van der Waals surface area contributed by atoms with Gasteiger partial charge in [-0.1, -0.05) is 39.0 Å². The summed E-state index contributed by atoms with van der Waals surface area (Å²) in [4.78, 5) is 28.0. The summed E-state index contributed by atoms with van der Waals surface area (Å²) in [6, 6.07) is -0.256. The predicted molar refractivity (Wildman–Crippen MR) is 90.7 cm³/mol. The van der Waals surface area contributed by atoms with Crippen LogP contribution in [0.15, 0.2) is 0 Å². The summed E-state index contributed by atoms with van der Waals surface area (Å²) in [5, 5.41) is 12.7. The molecule has 2 rings (SSSR count). The summed E-state index contributed by atoms with van der Waals surface area (Å²) >= 11 is 1.14. The van der Waals surface area contributed by atoms with E-state index in [9.17, 15) is 9.59 Å². The second kappa shape index (κ2) is 7.90. The third kappa shape index (κ3) is 4.77. The minimum absolute atomic E-state index is 0.0134. The van der Waals surface area contributed by atoms with Crippen LogP contribution in [0.2, 0.25) is 0 Å². The van der Waals surface area contributed by atoms with Crippen LogP contribution in [-0.2, 0) is 4.79 Å². The quantitative estimate of drug-likeness (QED) is 0.823. The molecule has 0 bridgehead atoms. The van der Waals surface area contributed by atoms with Gasteiger partial charge < -0.3 is 10.4 Å². The van der Waals surface area contributed by atoms with Crippen LogP contribution >= 0.6 is 11.3 Å². The number of amides is 1. The third-order valence-corrected chi connectivity index (χ3v) is 5.92. The first-order valence-corrected chi connectivity index (χ1v) is 9.21. The molecule has 1 fully saturated rings. The lowest BCUT2D eigenvalue weighted by molar-refractivity contribution is -0.125. The summed E-state index contributed by atoms with van der Waals surface area (Å²) in [5.74, 6) is -0.274. The number of rotatable bonds is 6. The first kappa shape index (κ1) is 17.9. The van der Waals surface area contributed by atoms with Crippen LogP contribution in [0, 0.1) is 18.8 Å². The van der Waals surface area contributed by atoms with Gasteiger partial charge in [-0.05, 0) is 26.2 Å². The smallest absolute Gasteiger partial charge is 0.347 e. The van der Waals surface area contributed by atoms with Gasteiger partial charge in [0.1, 0.15) is 9.88 Å². The van der Waals surface area contributed by atoms with Crippen LogP contribution in [0.25, 0.3) is 0 Å². The van der Waals surface area contributed by atoms with Crippen molar-refractivity contribution in [3.8, 4) is 0 Å². The second-order valence-corrected chi connectivity index (χ2v) is 7.67. The van der Waals surface area contributed by atoms with Gasteiger partial charge in [-0.15, -0.1) is 11.3 Å². The lowest BCUT2D eigenvalue weighted by Crippen LogP contribution is -2.32. The van der Waals surface area contributed by atoms with Gasteiger partial charge in [-0.3, -0.25) is 4.79 Å². The number of hydrogen-bond donors (Lipinski definition) is 2. The average Bonchev–Trinajstić information content (AvgIpc) is 2.90. The number of carbonyl (C=O) groups excluding carboxylic acids is 1. The number of aromatic carboxylic acids is 1. The lowest BCUT2D eigenvalue weighted by Gasteiger charge is -2.24. The van der Waals surface area contributed by atoms with Crippen molar-refractivity contribution in [1.29, 1.82) is 0 Å². The first-order valence-electron chi connectivity index (χ1n) is 8.39. The molecular weight excluding hydrogens is 312 g/mol. The Morgan fingerprint density at radius 3 is 2.52 bits per heavy atom. The molecule has 128 valence electrons. The van der Waals surface area contributed by atoms with Gasteiger partial charge in [-0.2, -0.15) is 0 Å². The van der Waals surface area contributed by atoms with E-state index >= 15 is 0 Å². The van der Waals surface area contributed by atoms with Crippen molar-refractivity contribution in [2.45, 2.75) is 65.3 Å². The zero-order valence-corrected chi connectivity index (χ0v) is 14.9. The second-order valence-electron chi connectivity index (χ2n) is 6.64. The molecule has 2 N–H and O–H groups in total. The fraction of sp³-hybridized carbons (Fsp3) is 0.706. The van der Waals surface area contributed by atoms with Crippen molar-refractivity contribution in [2.24, 2.45) is 11.8 Å². The number of thiazole rings is 1. The molecule has 0 spiro atoms. The highest BCUT2D eigenvalue weighted by Gasteiger charge is 2.24. The Labute approximate surface area is 141 Å². The van der Waals surface area contributed by atoms with Crippen LogP contribution in [0.5, 0.6) is 0 Å². The maximum atomic E-state index is 12.4. The molecule has 6 heteroatoms.